The summed E-state index contributed by atoms with van der Waals surface area (Å²) in [4.78, 5) is 4.70. The van der Waals surface area contributed by atoms with Crippen molar-refractivity contribution in [1.82, 2.24) is 4.98 Å². The first kappa shape index (κ1) is 10.9. The van der Waals surface area contributed by atoms with Gasteiger partial charge in [0.05, 0.1) is 12.3 Å². The minimum absolute atomic E-state index is 0.0382. The minimum Gasteiger partial charge on any atom is -0.395 e. The number of nitrogens with zero attached hydrogens (tertiary/aromatic N) is 1. The van der Waals surface area contributed by atoms with Crippen LogP contribution >= 0.6 is 11.3 Å². The van der Waals surface area contributed by atoms with Crippen LogP contribution in [0.2, 0.25) is 0 Å². The van der Waals surface area contributed by atoms with E-state index in [1.165, 1.54) is 6.42 Å². The van der Waals surface area contributed by atoms with Crippen molar-refractivity contribution >= 4 is 11.3 Å². The summed E-state index contributed by atoms with van der Waals surface area (Å²) in [6, 6.07) is 10.2. The van der Waals surface area contributed by atoms with Crippen molar-refractivity contribution in [3.05, 3.63) is 41.4 Å². The topological polar surface area (TPSA) is 33.1 Å². The molecule has 3 rings (SSSR count). The molecule has 1 aliphatic carbocycles. The molecule has 17 heavy (non-hydrogen) atoms. The van der Waals surface area contributed by atoms with Gasteiger partial charge in [-0.05, 0) is 12.8 Å². The predicted molar refractivity (Wildman–Crippen MR) is 70.2 cm³/mol. The second-order valence-corrected chi connectivity index (χ2v) is 5.55. The number of hydrogen-bond donors (Lipinski definition) is 1. The molecule has 1 N–H and O–H groups in total. The summed E-state index contributed by atoms with van der Waals surface area (Å²) in [7, 11) is 0. The summed E-state index contributed by atoms with van der Waals surface area (Å²) in [5, 5.41) is 12.7. The van der Waals surface area contributed by atoms with Gasteiger partial charge in [0, 0.05) is 16.4 Å². The Kier molecular flexibility index (Phi) is 2.73. The van der Waals surface area contributed by atoms with Crippen LogP contribution < -0.4 is 0 Å². The van der Waals surface area contributed by atoms with Crippen LogP contribution in [0.4, 0.5) is 0 Å². The molecule has 0 unspecified atom stereocenters. The monoisotopic (exact) mass is 245 g/mol. The van der Waals surface area contributed by atoms with E-state index in [-0.39, 0.29) is 12.0 Å². The van der Waals surface area contributed by atoms with Gasteiger partial charge >= 0.3 is 0 Å². The molecule has 1 heterocycles. The summed E-state index contributed by atoms with van der Waals surface area (Å²) < 4.78 is 0. The third kappa shape index (κ3) is 1.79. The smallest absolute Gasteiger partial charge is 0.123 e. The molecule has 0 atom stereocenters. The summed E-state index contributed by atoms with van der Waals surface area (Å²) in [5.74, 6) is 0. The first-order valence-corrected chi connectivity index (χ1v) is 6.84. The largest absolute Gasteiger partial charge is 0.395 e. The molecule has 3 heteroatoms. The lowest BCUT2D eigenvalue weighted by Crippen LogP contribution is -2.38. The highest BCUT2D eigenvalue weighted by atomic mass is 32.1. The zero-order valence-electron chi connectivity index (χ0n) is 9.60. The van der Waals surface area contributed by atoms with E-state index >= 15 is 0 Å². The van der Waals surface area contributed by atoms with Crippen LogP contribution in [-0.4, -0.2) is 16.7 Å². The second kappa shape index (κ2) is 4.24. The highest BCUT2D eigenvalue weighted by molar-refractivity contribution is 7.13. The molecule has 1 fully saturated rings. The van der Waals surface area contributed by atoms with Gasteiger partial charge in [0.25, 0.3) is 0 Å². The first-order chi connectivity index (χ1) is 8.34. The molecule has 1 aromatic carbocycles. The predicted octanol–water partition coefficient (Wildman–Crippen LogP) is 3.22. The fourth-order valence-electron chi connectivity index (χ4n) is 2.33. The van der Waals surface area contributed by atoms with Gasteiger partial charge in [0.1, 0.15) is 5.01 Å². The van der Waals surface area contributed by atoms with Crippen molar-refractivity contribution in [1.29, 1.82) is 0 Å². The average Bonchev–Trinajstić information content (AvgIpc) is 2.80. The Labute approximate surface area is 105 Å². The van der Waals surface area contributed by atoms with Crippen LogP contribution in [0.15, 0.2) is 35.7 Å². The van der Waals surface area contributed by atoms with E-state index in [1.807, 2.05) is 18.2 Å². The Morgan fingerprint density at radius 2 is 2.00 bits per heavy atom. The third-order valence-electron chi connectivity index (χ3n) is 3.68. The van der Waals surface area contributed by atoms with Gasteiger partial charge in [-0.15, -0.1) is 11.3 Å². The van der Waals surface area contributed by atoms with Gasteiger partial charge < -0.3 is 5.11 Å². The number of rotatable bonds is 3. The lowest BCUT2D eigenvalue weighted by Gasteiger charge is -2.38. The number of aromatic nitrogens is 1. The highest BCUT2D eigenvalue weighted by Crippen LogP contribution is 2.44. The van der Waals surface area contributed by atoms with Gasteiger partial charge in [-0.2, -0.15) is 0 Å². The van der Waals surface area contributed by atoms with Gasteiger partial charge in [0.15, 0.2) is 0 Å². The standard InChI is InChI=1S/C14H15NOS/c16-10-14(7-4-8-14)12-9-17-13(15-12)11-5-2-1-3-6-11/h1-3,5-6,9,16H,4,7-8,10H2. The Hall–Kier alpha value is -1.19. The Morgan fingerprint density at radius 1 is 1.24 bits per heavy atom. The van der Waals surface area contributed by atoms with Crippen LogP contribution in [-0.2, 0) is 5.41 Å². The third-order valence-corrected chi connectivity index (χ3v) is 4.57. The summed E-state index contributed by atoms with van der Waals surface area (Å²) in [5.41, 5.74) is 2.20. The van der Waals surface area contributed by atoms with Crippen molar-refractivity contribution in [3.63, 3.8) is 0 Å². The van der Waals surface area contributed by atoms with Crippen LogP contribution in [0.5, 0.6) is 0 Å². The molecular weight excluding hydrogens is 230 g/mol. The number of thiazole rings is 1. The van der Waals surface area contributed by atoms with Crippen molar-refractivity contribution in [2.24, 2.45) is 0 Å². The molecular formula is C14H15NOS. The lowest BCUT2D eigenvalue weighted by molar-refractivity contribution is 0.117. The highest BCUT2D eigenvalue weighted by Gasteiger charge is 2.40. The molecule has 1 saturated carbocycles. The quantitative estimate of drug-likeness (QED) is 0.900. The van der Waals surface area contributed by atoms with E-state index in [2.05, 4.69) is 17.5 Å². The van der Waals surface area contributed by atoms with Crippen LogP contribution in [0.3, 0.4) is 0 Å². The van der Waals surface area contributed by atoms with Crippen molar-refractivity contribution < 1.29 is 5.11 Å². The van der Waals surface area contributed by atoms with E-state index in [0.29, 0.717) is 0 Å². The minimum atomic E-state index is -0.0382. The number of benzene rings is 1. The van der Waals surface area contributed by atoms with Gasteiger partial charge in [-0.1, -0.05) is 36.8 Å². The van der Waals surface area contributed by atoms with Gasteiger partial charge in [-0.3, -0.25) is 0 Å². The molecule has 88 valence electrons. The van der Waals surface area contributed by atoms with Gasteiger partial charge in [-0.25, -0.2) is 4.98 Å². The Morgan fingerprint density at radius 3 is 2.59 bits per heavy atom. The van der Waals surface area contributed by atoms with E-state index in [0.717, 1.165) is 29.1 Å². The summed E-state index contributed by atoms with van der Waals surface area (Å²) in [6.07, 6.45) is 3.35. The maximum Gasteiger partial charge on any atom is 0.123 e. The van der Waals surface area contributed by atoms with Crippen molar-refractivity contribution in [2.75, 3.05) is 6.61 Å². The molecule has 0 amide bonds. The maximum atomic E-state index is 9.53. The van der Waals surface area contributed by atoms with Crippen LogP contribution in [0.25, 0.3) is 10.6 Å². The van der Waals surface area contributed by atoms with Gasteiger partial charge in [0.2, 0.25) is 0 Å². The fourth-order valence-corrected chi connectivity index (χ4v) is 3.28. The normalized spacial score (nSPS) is 17.7. The molecule has 0 saturated heterocycles. The molecule has 2 nitrogen and oxygen atoms in total. The van der Waals surface area contributed by atoms with E-state index in [1.54, 1.807) is 11.3 Å². The van der Waals surface area contributed by atoms with Crippen molar-refractivity contribution in [2.45, 2.75) is 24.7 Å². The molecule has 0 aliphatic heterocycles. The number of aliphatic hydroxyl groups is 1. The zero-order chi connectivity index (χ0) is 11.7. The SMILES string of the molecule is OCC1(c2csc(-c3ccccc3)n2)CCC1. The average molecular weight is 245 g/mol. The van der Waals surface area contributed by atoms with Crippen molar-refractivity contribution in [3.8, 4) is 10.6 Å². The van der Waals surface area contributed by atoms with E-state index in [4.69, 9.17) is 4.98 Å². The molecule has 1 aromatic heterocycles. The molecule has 0 bridgehead atoms. The zero-order valence-corrected chi connectivity index (χ0v) is 10.4. The van der Waals surface area contributed by atoms with E-state index < -0.39 is 0 Å². The molecule has 0 spiro atoms. The first-order valence-electron chi connectivity index (χ1n) is 5.96. The molecule has 0 radical (unpaired) electrons. The molecule has 2 aromatic rings. The number of aliphatic hydroxyl groups excluding tert-OH is 1. The molecule has 1 aliphatic rings. The summed E-state index contributed by atoms with van der Waals surface area (Å²) >= 11 is 1.67. The lowest BCUT2D eigenvalue weighted by atomic mass is 9.67. The number of hydrogen-bond acceptors (Lipinski definition) is 3. The Balaban J connectivity index is 1.93. The van der Waals surface area contributed by atoms with Crippen LogP contribution in [0.1, 0.15) is 25.0 Å². The van der Waals surface area contributed by atoms with E-state index in [9.17, 15) is 5.11 Å². The maximum absolute atomic E-state index is 9.53. The fraction of sp³-hybridized carbons (Fsp3) is 0.357. The van der Waals surface area contributed by atoms with Crippen LogP contribution in [0, 0.1) is 0 Å². The second-order valence-electron chi connectivity index (χ2n) is 4.70. The summed E-state index contributed by atoms with van der Waals surface area (Å²) in [6.45, 7) is 0.227. The Bertz CT molecular complexity index is 496.